The number of methoxy groups -OCH3 is 1. The largest absolute Gasteiger partial charge is 0.497 e. The van der Waals surface area contributed by atoms with Gasteiger partial charge in [0.05, 0.1) is 24.5 Å². The second-order valence-corrected chi connectivity index (χ2v) is 5.86. The van der Waals surface area contributed by atoms with E-state index in [1.54, 1.807) is 24.3 Å². The Kier molecular flexibility index (Phi) is 4.47. The van der Waals surface area contributed by atoms with Gasteiger partial charge in [0.1, 0.15) is 11.5 Å². The molecule has 0 saturated heterocycles. The summed E-state index contributed by atoms with van der Waals surface area (Å²) < 4.78 is 4.99. The molecular weight excluding hydrogens is 324 g/mol. The summed E-state index contributed by atoms with van der Waals surface area (Å²) in [7, 11) is 1.43. The lowest BCUT2D eigenvalue weighted by Crippen LogP contribution is -2.08. The van der Waals surface area contributed by atoms with Crippen molar-refractivity contribution in [1.29, 1.82) is 0 Å². The van der Waals surface area contributed by atoms with E-state index in [-0.39, 0.29) is 30.2 Å². The van der Waals surface area contributed by atoms with Crippen molar-refractivity contribution in [3.63, 3.8) is 0 Å². The first-order chi connectivity index (χ1) is 12.0. The second kappa shape index (κ2) is 6.72. The molecule has 0 unspecified atom stereocenters. The fraction of sp³-hybridized carbons (Fsp3) is 0.222. The van der Waals surface area contributed by atoms with Crippen LogP contribution in [0.5, 0.6) is 5.75 Å². The van der Waals surface area contributed by atoms with Crippen LogP contribution in [-0.2, 0) is 28.9 Å². The number of hydrogen-bond acceptors (Lipinski definition) is 5. The molecule has 128 valence electrons. The van der Waals surface area contributed by atoms with Crippen LogP contribution >= 0.6 is 0 Å². The molecule has 0 aromatic heterocycles. The number of anilines is 1. The Morgan fingerprint density at radius 2 is 2.04 bits per heavy atom. The number of nitrogens with one attached hydrogen (secondary N) is 1. The summed E-state index contributed by atoms with van der Waals surface area (Å²) in [4.78, 5) is 34.4. The number of rotatable bonds is 6. The normalized spacial score (nSPS) is 12.4. The number of ether oxygens (including phenoxy) is 1. The molecule has 0 atom stereocenters. The number of hydrogen-bond donors (Lipinski definition) is 1. The van der Waals surface area contributed by atoms with E-state index in [1.165, 1.54) is 13.2 Å². The predicted molar refractivity (Wildman–Crippen MR) is 90.8 cm³/mol. The molecule has 0 saturated carbocycles. The number of carbonyl (C=O) groups is 2. The molecule has 25 heavy (non-hydrogen) atoms. The molecule has 0 aliphatic carbocycles. The van der Waals surface area contributed by atoms with E-state index in [0.29, 0.717) is 17.7 Å². The van der Waals surface area contributed by atoms with Crippen molar-refractivity contribution in [3.05, 3.63) is 63.2 Å². The van der Waals surface area contributed by atoms with Crippen LogP contribution < -0.4 is 10.1 Å². The van der Waals surface area contributed by atoms with Gasteiger partial charge in [-0.15, -0.1) is 0 Å². The van der Waals surface area contributed by atoms with Crippen LogP contribution in [0.15, 0.2) is 36.4 Å². The highest BCUT2D eigenvalue weighted by Crippen LogP contribution is 2.27. The van der Waals surface area contributed by atoms with Crippen LogP contribution in [0.2, 0.25) is 0 Å². The van der Waals surface area contributed by atoms with Crippen LogP contribution in [0.3, 0.4) is 0 Å². The number of nitro groups is 1. The summed E-state index contributed by atoms with van der Waals surface area (Å²) >= 11 is 0. The highest BCUT2D eigenvalue weighted by Gasteiger charge is 2.20. The molecule has 1 N–H and O–H groups in total. The number of ketones is 1. The van der Waals surface area contributed by atoms with Crippen molar-refractivity contribution in [2.24, 2.45) is 0 Å². The number of fused-ring (bicyclic) bond motifs is 1. The first-order valence-corrected chi connectivity index (χ1v) is 7.71. The van der Waals surface area contributed by atoms with Gasteiger partial charge in [0.2, 0.25) is 5.91 Å². The third kappa shape index (κ3) is 3.65. The molecule has 0 radical (unpaired) electrons. The minimum absolute atomic E-state index is 0.0332. The molecule has 7 nitrogen and oxygen atoms in total. The Bertz CT molecular complexity index is 876. The Labute approximate surface area is 143 Å². The summed E-state index contributed by atoms with van der Waals surface area (Å²) in [6.45, 7) is 0. The van der Waals surface area contributed by atoms with Gasteiger partial charge in [0.15, 0.2) is 0 Å². The molecule has 2 aromatic carbocycles. The number of nitrogens with zero attached hydrogens (tertiary/aromatic N) is 1. The Balaban J connectivity index is 1.74. The van der Waals surface area contributed by atoms with Gasteiger partial charge < -0.3 is 10.1 Å². The van der Waals surface area contributed by atoms with Gasteiger partial charge in [0, 0.05) is 24.1 Å². The summed E-state index contributed by atoms with van der Waals surface area (Å²) in [6.07, 6.45) is 0.431. The van der Waals surface area contributed by atoms with E-state index in [1.807, 2.05) is 6.07 Å². The molecule has 7 heteroatoms. The van der Waals surface area contributed by atoms with Crippen molar-refractivity contribution in [2.45, 2.75) is 19.3 Å². The SMILES string of the molecule is COc1ccc(CC(=O)Cc2ccc3c(c2)CC(=O)N3)c([N+](=O)[O-])c1. The van der Waals surface area contributed by atoms with Gasteiger partial charge in [-0.25, -0.2) is 0 Å². The predicted octanol–water partition coefficient (Wildman–Crippen LogP) is 2.45. The fourth-order valence-corrected chi connectivity index (χ4v) is 2.89. The van der Waals surface area contributed by atoms with Crippen molar-refractivity contribution in [1.82, 2.24) is 0 Å². The van der Waals surface area contributed by atoms with Crippen molar-refractivity contribution in [2.75, 3.05) is 12.4 Å². The third-order valence-corrected chi connectivity index (χ3v) is 4.07. The Morgan fingerprint density at radius 1 is 1.24 bits per heavy atom. The summed E-state index contributed by atoms with van der Waals surface area (Å²) in [5.41, 5.74) is 2.65. The van der Waals surface area contributed by atoms with E-state index in [9.17, 15) is 19.7 Å². The van der Waals surface area contributed by atoms with E-state index in [2.05, 4.69) is 5.32 Å². The molecule has 1 amide bonds. The molecule has 0 fully saturated rings. The van der Waals surface area contributed by atoms with Crippen LogP contribution in [0.4, 0.5) is 11.4 Å². The number of carbonyl (C=O) groups excluding carboxylic acids is 2. The van der Waals surface area contributed by atoms with Gasteiger partial charge in [-0.1, -0.05) is 12.1 Å². The second-order valence-electron chi connectivity index (χ2n) is 5.86. The summed E-state index contributed by atoms with van der Waals surface area (Å²) in [6, 6.07) is 9.84. The number of benzene rings is 2. The quantitative estimate of drug-likeness (QED) is 0.643. The summed E-state index contributed by atoms with van der Waals surface area (Å²) in [5.74, 6) is 0.177. The van der Waals surface area contributed by atoms with Gasteiger partial charge in [-0.05, 0) is 29.3 Å². The van der Waals surface area contributed by atoms with E-state index in [0.717, 1.165) is 16.8 Å². The molecular formula is C18H16N2O5. The minimum atomic E-state index is -0.516. The molecule has 0 spiro atoms. The Hall–Kier alpha value is -3.22. The molecule has 1 aliphatic heterocycles. The highest BCUT2D eigenvalue weighted by molar-refractivity contribution is 5.99. The lowest BCUT2D eigenvalue weighted by atomic mass is 9.99. The molecule has 2 aromatic rings. The van der Waals surface area contributed by atoms with Gasteiger partial charge in [-0.3, -0.25) is 19.7 Å². The monoisotopic (exact) mass is 340 g/mol. The number of amides is 1. The van der Waals surface area contributed by atoms with Gasteiger partial charge >= 0.3 is 0 Å². The van der Waals surface area contributed by atoms with Crippen LogP contribution in [0, 0.1) is 10.1 Å². The minimum Gasteiger partial charge on any atom is -0.497 e. The first kappa shape index (κ1) is 16.6. The van der Waals surface area contributed by atoms with Gasteiger partial charge in [-0.2, -0.15) is 0 Å². The maximum Gasteiger partial charge on any atom is 0.276 e. The average molecular weight is 340 g/mol. The maximum absolute atomic E-state index is 12.3. The zero-order valence-corrected chi connectivity index (χ0v) is 13.6. The van der Waals surface area contributed by atoms with Crippen molar-refractivity contribution >= 4 is 23.1 Å². The van der Waals surface area contributed by atoms with Gasteiger partial charge in [0.25, 0.3) is 5.69 Å². The molecule has 0 bridgehead atoms. The fourth-order valence-electron chi connectivity index (χ4n) is 2.89. The average Bonchev–Trinajstić information content (AvgIpc) is 2.94. The topological polar surface area (TPSA) is 98.5 Å². The Morgan fingerprint density at radius 3 is 2.76 bits per heavy atom. The third-order valence-electron chi connectivity index (χ3n) is 4.07. The number of Topliss-reactive ketones (excluding diaryl/α,β-unsaturated/α-hetero) is 1. The maximum atomic E-state index is 12.3. The summed E-state index contributed by atoms with van der Waals surface area (Å²) in [5, 5.41) is 13.9. The van der Waals surface area contributed by atoms with Crippen LogP contribution in [0.25, 0.3) is 0 Å². The standard InChI is InChI=1S/C18H16N2O5/c1-25-15-4-3-12(17(10-15)20(23)24)8-14(21)7-11-2-5-16-13(6-11)9-18(22)19-16/h2-6,10H,7-9H2,1H3,(H,19,22). The highest BCUT2D eigenvalue weighted by atomic mass is 16.6. The lowest BCUT2D eigenvalue weighted by molar-refractivity contribution is -0.385. The van der Waals surface area contributed by atoms with Crippen molar-refractivity contribution in [3.8, 4) is 5.75 Å². The van der Waals surface area contributed by atoms with E-state index >= 15 is 0 Å². The zero-order chi connectivity index (χ0) is 18.0. The smallest absolute Gasteiger partial charge is 0.276 e. The molecule has 1 aliphatic rings. The number of nitro benzene ring substituents is 1. The van der Waals surface area contributed by atoms with Crippen molar-refractivity contribution < 1.29 is 19.2 Å². The van der Waals surface area contributed by atoms with E-state index in [4.69, 9.17) is 4.74 Å². The lowest BCUT2D eigenvalue weighted by Gasteiger charge is -2.06. The van der Waals surface area contributed by atoms with E-state index < -0.39 is 4.92 Å². The van der Waals surface area contributed by atoms with Crippen LogP contribution in [-0.4, -0.2) is 23.7 Å². The zero-order valence-electron chi connectivity index (χ0n) is 13.6. The molecule has 3 rings (SSSR count). The van der Waals surface area contributed by atoms with Crippen LogP contribution in [0.1, 0.15) is 16.7 Å². The molecule has 1 heterocycles. The first-order valence-electron chi connectivity index (χ1n) is 7.71.